The number of rotatable bonds is 5. The summed E-state index contributed by atoms with van der Waals surface area (Å²) in [7, 11) is 0. The van der Waals surface area contributed by atoms with Crippen LogP contribution in [0.25, 0.3) is 0 Å². The van der Waals surface area contributed by atoms with Gasteiger partial charge in [0.2, 0.25) is 0 Å². The maximum absolute atomic E-state index is 8.83. The number of aromatic nitrogens is 1. The minimum absolute atomic E-state index is 0.0167. The number of nitriles is 1. The molecular weight excluding hydrogens is 212 g/mol. The lowest BCUT2D eigenvalue weighted by atomic mass is 10.1. The molecule has 1 aromatic heterocycles. The van der Waals surface area contributed by atoms with Gasteiger partial charge in [-0.1, -0.05) is 0 Å². The molecule has 0 fully saturated rings. The fraction of sp³-hybridized carbons (Fsp3) is 0.538. The summed E-state index contributed by atoms with van der Waals surface area (Å²) < 4.78 is 0. The molecule has 0 aliphatic rings. The molecule has 0 amide bonds. The first-order chi connectivity index (χ1) is 8.08. The Morgan fingerprint density at radius 1 is 1.47 bits per heavy atom. The third-order valence-corrected chi connectivity index (χ3v) is 2.70. The average molecular weight is 232 g/mol. The molecule has 4 nitrogen and oxygen atoms in total. The highest BCUT2D eigenvalue weighted by atomic mass is 15.1. The largest absolute Gasteiger partial charge is 0.369 e. The van der Waals surface area contributed by atoms with E-state index in [1.807, 2.05) is 32.2 Å². The van der Waals surface area contributed by atoms with Crippen LogP contribution in [0.3, 0.4) is 0 Å². The highest BCUT2D eigenvalue weighted by Crippen LogP contribution is 2.16. The third kappa shape index (κ3) is 3.72. The first-order valence-corrected chi connectivity index (χ1v) is 5.94. The van der Waals surface area contributed by atoms with E-state index in [4.69, 9.17) is 11.0 Å². The van der Waals surface area contributed by atoms with Crippen molar-refractivity contribution in [1.29, 1.82) is 5.26 Å². The quantitative estimate of drug-likeness (QED) is 0.844. The standard InChI is InChI=1S/C13H20N4/c1-4-17(9-10(2)7-14)12-5-6-13(11(3)15)16-8-12/h5-6,8,10-11H,4,9,15H2,1-3H3/t10?,11-/m1/s1. The van der Waals surface area contributed by atoms with Crippen LogP contribution < -0.4 is 10.6 Å². The Morgan fingerprint density at radius 2 is 2.18 bits per heavy atom. The second kappa shape index (κ2) is 6.21. The molecular formula is C13H20N4. The van der Waals surface area contributed by atoms with E-state index in [0.29, 0.717) is 0 Å². The molecule has 1 unspecified atom stereocenters. The molecule has 0 bridgehead atoms. The van der Waals surface area contributed by atoms with E-state index in [9.17, 15) is 0 Å². The van der Waals surface area contributed by atoms with E-state index >= 15 is 0 Å². The fourth-order valence-electron chi connectivity index (χ4n) is 1.64. The van der Waals surface area contributed by atoms with Crippen molar-refractivity contribution >= 4 is 5.69 Å². The van der Waals surface area contributed by atoms with Crippen LogP contribution in [0.15, 0.2) is 18.3 Å². The molecule has 0 spiro atoms. The van der Waals surface area contributed by atoms with Gasteiger partial charge >= 0.3 is 0 Å². The van der Waals surface area contributed by atoms with E-state index in [1.54, 1.807) is 0 Å². The third-order valence-electron chi connectivity index (χ3n) is 2.70. The second-order valence-corrected chi connectivity index (χ2v) is 4.30. The molecule has 0 saturated carbocycles. The van der Waals surface area contributed by atoms with Gasteiger partial charge < -0.3 is 10.6 Å². The zero-order chi connectivity index (χ0) is 12.8. The summed E-state index contributed by atoms with van der Waals surface area (Å²) in [5.74, 6) is 0.0167. The van der Waals surface area contributed by atoms with Crippen molar-refractivity contribution in [1.82, 2.24) is 4.98 Å². The lowest BCUT2D eigenvalue weighted by Gasteiger charge is -2.24. The summed E-state index contributed by atoms with van der Waals surface area (Å²) >= 11 is 0. The van der Waals surface area contributed by atoms with E-state index in [-0.39, 0.29) is 12.0 Å². The summed E-state index contributed by atoms with van der Waals surface area (Å²) in [5.41, 5.74) is 7.68. The summed E-state index contributed by atoms with van der Waals surface area (Å²) in [4.78, 5) is 6.48. The van der Waals surface area contributed by atoms with Crippen LogP contribution in [-0.2, 0) is 0 Å². The molecule has 1 rings (SSSR count). The van der Waals surface area contributed by atoms with E-state index in [0.717, 1.165) is 24.5 Å². The maximum Gasteiger partial charge on any atom is 0.0671 e. The van der Waals surface area contributed by atoms with E-state index in [1.165, 1.54) is 0 Å². The Kier molecular flexibility index (Phi) is 4.92. The monoisotopic (exact) mass is 232 g/mol. The van der Waals surface area contributed by atoms with Gasteiger partial charge in [-0.05, 0) is 32.9 Å². The average Bonchev–Trinajstić information content (AvgIpc) is 2.35. The molecule has 1 heterocycles. The Labute approximate surface area is 103 Å². The van der Waals surface area contributed by atoms with Gasteiger partial charge in [0.25, 0.3) is 0 Å². The van der Waals surface area contributed by atoms with Crippen LogP contribution in [0.1, 0.15) is 32.5 Å². The van der Waals surface area contributed by atoms with Gasteiger partial charge in [0.05, 0.1) is 29.6 Å². The number of pyridine rings is 1. The summed E-state index contributed by atoms with van der Waals surface area (Å²) in [5, 5.41) is 8.83. The first kappa shape index (κ1) is 13.5. The predicted octanol–water partition coefficient (Wildman–Crippen LogP) is 2.09. The Hall–Kier alpha value is -1.60. The van der Waals surface area contributed by atoms with E-state index < -0.39 is 0 Å². The normalized spacial score (nSPS) is 13.8. The first-order valence-electron chi connectivity index (χ1n) is 5.94. The number of hydrogen-bond acceptors (Lipinski definition) is 4. The van der Waals surface area contributed by atoms with Crippen molar-refractivity contribution in [3.05, 3.63) is 24.0 Å². The molecule has 2 atom stereocenters. The van der Waals surface area contributed by atoms with Crippen molar-refractivity contribution in [2.24, 2.45) is 11.7 Å². The van der Waals surface area contributed by atoms with E-state index in [2.05, 4.69) is 22.9 Å². The molecule has 0 radical (unpaired) electrons. The molecule has 17 heavy (non-hydrogen) atoms. The zero-order valence-corrected chi connectivity index (χ0v) is 10.7. The Balaban J connectivity index is 2.79. The lowest BCUT2D eigenvalue weighted by Crippen LogP contribution is -2.27. The van der Waals surface area contributed by atoms with Crippen molar-refractivity contribution in [3.63, 3.8) is 0 Å². The van der Waals surface area contributed by atoms with Gasteiger partial charge in [0.15, 0.2) is 0 Å². The lowest BCUT2D eigenvalue weighted by molar-refractivity contribution is 0.684. The second-order valence-electron chi connectivity index (χ2n) is 4.30. The SMILES string of the molecule is CCN(CC(C)C#N)c1ccc([C@@H](C)N)nc1. The molecule has 0 aromatic carbocycles. The predicted molar refractivity (Wildman–Crippen MR) is 69.5 cm³/mol. The summed E-state index contributed by atoms with van der Waals surface area (Å²) in [6.07, 6.45) is 1.83. The van der Waals surface area contributed by atoms with Crippen molar-refractivity contribution in [3.8, 4) is 6.07 Å². The highest BCUT2D eigenvalue weighted by molar-refractivity contribution is 5.44. The highest BCUT2D eigenvalue weighted by Gasteiger charge is 2.10. The van der Waals surface area contributed by atoms with Crippen LogP contribution in [0.2, 0.25) is 0 Å². The van der Waals surface area contributed by atoms with Crippen LogP contribution in [0.4, 0.5) is 5.69 Å². The minimum Gasteiger partial charge on any atom is -0.369 e. The molecule has 4 heteroatoms. The van der Waals surface area contributed by atoms with Crippen molar-refractivity contribution in [2.75, 3.05) is 18.0 Å². The van der Waals surface area contributed by atoms with Gasteiger partial charge in [-0.15, -0.1) is 0 Å². The van der Waals surface area contributed by atoms with Crippen LogP contribution in [-0.4, -0.2) is 18.1 Å². The molecule has 0 aliphatic heterocycles. The van der Waals surface area contributed by atoms with Crippen molar-refractivity contribution < 1.29 is 0 Å². The van der Waals surface area contributed by atoms with Gasteiger partial charge in [-0.2, -0.15) is 5.26 Å². The molecule has 2 N–H and O–H groups in total. The minimum atomic E-state index is -0.0443. The molecule has 0 aliphatic carbocycles. The summed E-state index contributed by atoms with van der Waals surface area (Å²) in [6, 6.07) is 6.16. The van der Waals surface area contributed by atoms with Crippen molar-refractivity contribution in [2.45, 2.75) is 26.8 Å². The fourth-order valence-corrected chi connectivity index (χ4v) is 1.64. The maximum atomic E-state index is 8.83. The topological polar surface area (TPSA) is 65.9 Å². The Morgan fingerprint density at radius 3 is 2.59 bits per heavy atom. The molecule has 1 aromatic rings. The van der Waals surface area contributed by atoms with Crippen LogP contribution in [0.5, 0.6) is 0 Å². The molecule has 0 saturated heterocycles. The number of hydrogen-bond donors (Lipinski definition) is 1. The Bertz CT molecular complexity index is 377. The van der Waals surface area contributed by atoms with Gasteiger partial charge in [0, 0.05) is 19.1 Å². The number of anilines is 1. The zero-order valence-electron chi connectivity index (χ0n) is 10.7. The summed E-state index contributed by atoms with van der Waals surface area (Å²) in [6.45, 7) is 7.50. The van der Waals surface area contributed by atoms with Crippen LogP contribution >= 0.6 is 0 Å². The van der Waals surface area contributed by atoms with Crippen LogP contribution in [0, 0.1) is 17.2 Å². The number of nitrogens with two attached hydrogens (primary N) is 1. The van der Waals surface area contributed by atoms with Gasteiger partial charge in [-0.25, -0.2) is 0 Å². The number of nitrogens with zero attached hydrogens (tertiary/aromatic N) is 3. The van der Waals surface area contributed by atoms with Gasteiger partial charge in [0.1, 0.15) is 0 Å². The smallest absolute Gasteiger partial charge is 0.0671 e. The molecule has 92 valence electrons. The van der Waals surface area contributed by atoms with Gasteiger partial charge in [-0.3, -0.25) is 4.98 Å².